The summed E-state index contributed by atoms with van der Waals surface area (Å²) in [5.41, 5.74) is 11.9. The second kappa shape index (κ2) is 8.31. The van der Waals surface area contributed by atoms with E-state index in [9.17, 15) is 10.5 Å². The number of nitriles is 2. The van der Waals surface area contributed by atoms with Crippen molar-refractivity contribution in [1.82, 2.24) is 4.57 Å². The van der Waals surface area contributed by atoms with Crippen molar-refractivity contribution in [3.63, 3.8) is 0 Å². The van der Waals surface area contributed by atoms with Gasteiger partial charge in [-0.1, -0.05) is 36.4 Å². The van der Waals surface area contributed by atoms with E-state index in [4.69, 9.17) is 5.73 Å². The number of aromatic nitrogens is 1. The van der Waals surface area contributed by atoms with Crippen molar-refractivity contribution >= 4 is 17.5 Å². The van der Waals surface area contributed by atoms with Crippen LogP contribution in [0.5, 0.6) is 0 Å². The van der Waals surface area contributed by atoms with Crippen LogP contribution >= 0.6 is 0 Å². The number of para-hydroxylation sites is 2. The van der Waals surface area contributed by atoms with Crippen molar-refractivity contribution in [1.29, 1.82) is 10.5 Å². The molecule has 0 saturated heterocycles. The van der Waals surface area contributed by atoms with E-state index in [1.807, 2.05) is 80.6 Å². The fourth-order valence-electron chi connectivity index (χ4n) is 3.94. The lowest BCUT2D eigenvalue weighted by Crippen LogP contribution is -2.40. The van der Waals surface area contributed by atoms with Gasteiger partial charge in [0, 0.05) is 17.1 Å². The van der Waals surface area contributed by atoms with Crippen LogP contribution in [0.2, 0.25) is 0 Å². The molecule has 2 N–H and O–H groups in total. The summed E-state index contributed by atoms with van der Waals surface area (Å²) in [6.45, 7) is 4.04. The van der Waals surface area contributed by atoms with Gasteiger partial charge in [0.25, 0.3) is 0 Å². The molecule has 4 rings (SSSR count). The van der Waals surface area contributed by atoms with Gasteiger partial charge >= 0.3 is 0 Å². The van der Waals surface area contributed by atoms with Crippen molar-refractivity contribution in [2.75, 3.05) is 5.01 Å². The summed E-state index contributed by atoms with van der Waals surface area (Å²) < 4.78 is 2.14. The zero-order chi connectivity index (χ0) is 22.0. The number of hydrogen-bond acceptors (Lipinski definition) is 5. The average molecular weight is 406 g/mol. The molecular formula is C25H22N6. The predicted octanol–water partition coefficient (Wildman–Crippen LogP) is 4.30. The predicted molar refractivity (Wildman–Crippen MR) is 122 cm³/mol. The summed E-state index contributed by atoms with van der Waals surface area (Å²) >= 11 is 0. The fraction of sp³-hybridized carbons (Fsp3) is 0.160. The van der Waals surface area contributed by atoms with E-state index in [2.05, 4.69) is 21.8 Å². The molecule has 1 aliphatic rings. The first-order valence-electron chi connectivity index (χ1n) is 9.99. The van der Waals surface area contributed by atoms with Gasteiger partial charge in [0.1, 0.15) is 18.2 Å². The molecule has 0 radical (unpaired) electrons. The lowest BCUT2D eigenvalue weighted by atomic mass is 9.95. The van der Waals surface area contributed by atoms with Gasteiger partial charge in [-0.15, -0.1) is 0 Å². The van der Waals surface area contributed by atoms with Gasteiger partial charge in [0.05, 0.1) is 23.0 Å². The number of nitrogens with zero attached hydrogens (tertiary/aromatic N) is 5. The monoisotopic (exact) mass is 406 g/mol. The van der Waals surface area contributed by atoms with Gasteiger partial charge in [-0.25, -0.2) is 5.01 Å². The molecule has 2 heterocycles. The van der Waals surface area contributed by atoms with Crippen LogP contribution in [0, 0.1) is 42.4 Å². The molecular weight excluding hydrogens is 384 g/mol. The SMILES string of the molecule is Cc1cc(/C=C(/C#N)C2=NN(c3ccccc3)[C@@H](N)[C@@H]2C#N)c(C)n1-c1ccccc1. The van der Waals surface area contributed by atoms with E-state index >= 15 is 0 Å². The van der Waals surface area contributed by atoms with Crippen molar-refractivity contribution in [3.8, 4) is 17.8 Å². The number of nitrogens with two attached hydrogens (primary N) is 1. The zero-order valence-corrected chi connectivity index (χ0v) is 17.4. The van der Waals surface area contributed by atoms with Crippen LogP contribution in [0.15, 0.2) is 77.4 Å². The Balaban J connectivity index is 1.77. The Morgan fingerprint density at radius 3 is 2.19 bits per heavy atom. The number of hydrogen-bond donors (Lipinski definition) is 1. The molecule has 6 nitrogen and oxygen atoms in total. The normalized spacial score (nSPS) is 18.4. The van der Waals surface area contributed by atoms with Crippen LogP contribution in [0.1, 0.15) is 17.0 Å². The highest BCUT2D eigenvalue weighted by Gasteiger charge is 2.37. The van der Waals surface area contributed by atoms with Crippen LogP contribution in [0.3, 0.4) is 0 Å². The van der Waals surface area contributed by atoms with Crippen LogP contribution < -0.4 is 10.7 Å². The Hall–Kier alpha value is -4.13. The maximum absolute atomic E-state index is 9.91. The minimum Gasteiger partial charge on any atom is -0.318 e. The molecule has 0 saturated carbocycles. The molecule has 6 heteroatoms. The van der Waals surface area contributed by atoms with Crippen LogP contribution in [-0.4, -0.2) is 16.4 Å². The van der Waals surface area contributed by atoms with E-state index < -0.39 is 12.1 Å². The summed E-state index contributed by atoms with van der Waals surface area (Å²) in [4.78, 5) is 0. The molecule has 0 unspecified atom stereocenters. The maximum Gasteiger partial charge on any atom is 0.127 e. The van der Waals surface area contributed by atoms with Gasteiger partial charge in [-0.3, -0.25) is 0 Å². The first kappa shape index (κ1) is 20.2. The van der Waals surface area contributed by atoms with Crippen LogP contribution in [-0.2, 0) is 0 Å². The molecule has 0 fully saturated rings. The molecule has 3 aromatic rings. The second-order valence-electron chi connectivity index (χ2n) is 7.43. The lowest BCUT2D eigenvalue weighted by Gasteiger charge is -2.21. The van der Waals surface area contributed by atoms with E-state index in [1.54, 1.807) is 11.1 Å². The molecule has 2 aromatic carbocycles. The minimum atomic E-state index is -0.705. The highest BCUT2D eigenvalue weighted by molar-refractivity contribution is 6.11. The standard InChI is InChI=1S/C25H22N6/c1-17-13-19(18(2)30(17)21-9-5-3-6-10-21)14-20(15-26)24-23(16-27)25(28)31(29-24)22-11-7-4-8-12-22/h3-14,23,25H,28H2,1-2H3/b20-14-/t23-,25-/m1/s1. The zero-order valence-electron chi connectivity index (χ0n) is 17.4. The van der Waals surface area contributed by atoms with Crippen LogP contribution in [0.4, 0.5) is 5.69 Å². The van der Waals surface area contributed by atoms with E-state index in [0.29, 0.717) is 11.3 Å². The molecule has 0 spiro atoms. The smallest absolute Gasteiger partial charge is 0.127 e. The summed E-state index contributed by atoms with van der Waals surface area (Å²) in [5, 5.41) is 25.9. The highest BCUT2D eigenvalue weighted by atomic mass is 15.5. The highest BCUT2D eigenvalue weighted by Crippen LogP contribution is 2.30. The lowest BCUT2D eigenvalue weighted by molar-refractivity contribution is 0.624. The quantitative estimate of drug-likeness (QED) is 0.654. The second-order valence-corrected chi connectivity index (χ2v) is 7.43. The first-order valence-corrected chi connectivity index (χ1v) is 9.99. The number of allylic oxidation sites excluding steroid dienone is 1. The molecule has 1 aromatic heterocycles. The van der Waals surface area contributed by atoms with Crippen LogP contribution in [0.25, 0.3) is 11.8 Å². The largest absolute Gasteiger partial charge is 0.318 e. The third-order valence-electron chi connectivity index (χ3n) is 5.47. The molecule has 31 heavy (non-hydrogen) atoms. The van der Waals surface area contributed by atoms with Crippen molar-refractivity contribution < 1.29 is 0 Å². The van der Waals surface area contributed by atoms with Gasteiger partial charge in [-0.2, -0.15) is 15.6 Å². The van der Waals surface area contributed by atoms with Crippen molar-refractivity contribution in [2.24, 2.45) is 16.8 Å². The fourth-order valence-corrected chi connectivity index (χ4v) is 3.94. The van der Waals surface area contributed by atoms with Gasteiger partial charge in [0.2, 0.25) is 0 Å². The summed E-state index contributed by atoms with van der Waals surface area (Å²) in [5.74, 6) is -0.705. The van der Waals surface area contributed by atoms with Gasteiger partial charge in [0.15, 0.2) is 0 Å². The average Bonchev–Trinajstić information content (AvgIpc) is 3.28. The molecule has 152 valence electrons. The molecule has 1 aliphatic heterocycles. The van der Waals surface area contributed by atoms with E-state index in [-0.39, 0.29) is 0 Å². The molecule has 2 atom stereocenters. The summed E-state index contributed by atoms with van der Waals surface area (Å²) in [6.07, 6.45) is 1.14. The van der Waals surface area contributed by atoms with Gasteiger partial charge < -0.3 is 10.3 Å². The number of hydrazone groups is 1. The Kier molecular flexibility index (Phi) is 5.41. The summed E-state index contributed by atoms with van der Waals surface area (Å²) in [6, 6.07) is 26.0. The molecule has 0 aliphatic carbocycles. The Bertz CT molecular complexity index is 1240. The number of benzene rings is 2. The molecule has 0 bridgehead atoms. The number of anilines is 1. The van der Waals surface area contributed by atoms with Crippen molar-refractivity contribution in [3.05, 3.63) is 89.3 Å². The maximum atomic E-state index is 9.91. The topological polar surface area (TPSA) is 94.1 Å². The third kappa shape index (κ3) is 3.61. The Morgan fingerprint density at radius 2 is 1.61 bits per heavy atom. The van der Waals surface area contributed by atoms with E-state index in [1.165, 1.54) is 0 Å². The molecule has 0 amide bonds. The first-order chi connectivity index (χ1) is 15.0. The third-order valence-corrected chi connectivity index (χ3v) is 5.47. The van der Waals surface area contributed by atoms with Crippen molar-refractivity contribution in [2.45, 2.75) is 20.0 Å². The van der Waals surface area contributed by atoms with E-state index in [0.717, 1.165) is 28.3 Å². The summed E-state index contributed by atoms with van der Waals surface area (Å²) in [7, 11) is 0. The number of aryl methyl sites for hydroxylation is 1. The Morgan fingerprint density at radius 1 is 1.00 bits per heavy atom. The minimum absolute atomic E-state index is 0.341. The number of rotatable bonds is 4. The Labute approximate surface area is 181 Å². The van der Waals surface area contributed by atoms with Gasteiger partial charge in [-0.05, 0) is 55.8 Å².